The summed E-state index contributed by atoms with van der Waals surface area (Å²) in [4.78, 5) is 0. The van der Waals surface area contributed by atoms with Crippen LogP contribution in [0.25, 0.3) is 0 Å². The van der Waals surface area contributed by atoms with Crippen LogP contribution in [-0.4, -0.2) is 38.2 Å². The molecule has 0 bridgehead atoms. The van der Waals surface area contributed by atoms with E-state index in [4.69, 9.17) is 15.0 Å². The molecule has 1 fully saturated rings. The Morgan fingerprint density at radius 3 is 2.36 bits per heavy atom. The van der Waals surface area contributed by atoms with Gasteiger partial charge >= 0.3 is 0 Å². The summed E-state index contributed by atoms with van der Waals surface area (Å²) in [5.41, 5.74) is 5.95. The van der Waals surface area contributed by atoms with Crippen molar-refractivity contribution in [2.24, 2.45) is 11.7 Å². The topological polar surface area (TPSA) is 61.5 Å². The Kier molecular flexibility index (Phi) is 3.75. The molecular formula is C9H20NO3P. The van der Waals surface area contributed by atoms with Crippen molar-refractivity contribution in [2.45, 2.75) is 32.1 Å². The molecular weight excluding hydrogens is 201 g/mol. The van der Waals surface area contributed by atoms with Gasteiger partial charge in [-0.05, 0) is 12.8 Å². The first-order chi connectivity index (χ1) is 6.31. The lowest BCUT2D eigenvalue weighted by atomic mass is 9.98. The molecule has 0 spiro atoms. The van der Waals surface area contributed by atoms with Gasteiger partial charge in [-0.25, -0.2) is 0 Å². The maximum atomic E-state index is 11.3. The molecule has 0 aromatic carbocycles. The zero-order chi connectivity index (χ0) is 10.9. The second-order valence-corrected chi connectivity index (χ2v) is 7.13. The Bertz CT molecular complexity index is 240. The fourth-order valence-electron chi connectivity index (χ4n) is 1.55. The van der Waals surface area contributed by atoms with Crippen LogP contribution in [0.4, 0.5) is 0 Å². The van der Waals surface area contributed by atoms with Crippen LogP contribution in [0.3, 0.4) is 0 Å². The third-order valence-electron chi connectivity index (χ3n) is 2.72. The van der Waals surface area contributed by atoms with Crippen molar-refractivity contribution in [1.29, 1.82) is 0 Å². The lowest BCUT2D eigenvalue weighted by molar-refractivity contribution is 0.0191. The Labute approximate surface area is 85.6 Å². The number of rotatable bonds is 3. The van der Waals surface area contributed by atoms with Crippen LogP contribution in [0.2, 0.25) is 0 Å². The van der Waals surface area contributed by atoms with E-state index in [0.717, 1.165) is 0 Å². The Balaban J connectivity index is 2.44. The largest absolute Gasteiger partial charge is 0.371 e. The predicted molar refractivity (Wildman–Crippen MR) is 56.9 cm³/mol. The second kappa shape index (κ2) is 4.31. The van der Waals surface area contributed by atoms with Crippen LogP contribution in [0.5, 0.6) is 0 Å². The molecule has 4 nitrogen and oxygen atoms in total. The lowest BCUT2D eigenvalue weighted by Gasteiger charge is -2.17. The van der Waals surface area contributed by atoms with Gasteiger partial charge in [-0.3, -0.25) is 4.57 Å². The van der Waals surface area contributed by atoms with Crippen molar-refractivity contribution in [3.05, 3.63) is 0 Å². The number of hydrogen-bond acceptors (Lipinski definition) is 4. The molecule has 4 atom stereocenters. The van der Waals surface area contributed by atoms with Gasteiger partial charge in [0, 0.05) is 19.4 Å². The van der Waals surface area contributed by atoms with E-state index in [2.05, 4.69) is 6.92 Å². The van der Waals surface area contributed by atoms with Gasteiger partial charge in [0.2, 0.25) is 0 Å². The van der Waals surface area contributed by atoms with Crippen molar-refractivity contribution in [3.8, 4) is 0 Å². The molecule has 0 saturated carbocycles. The van der Waals surface area contributed by atoms with Crippen LogP contribution in [0.15, 0.2) is 0 Å². The highest BCUT2D eigenvalue weighted by molar-refractivity contribution is 7.57. The Morgan fingerprint density at radius 2 is 2.00 bits per heavy atom. The summed E-state index contributed by atoms with van der Waals surface area (Å²) >= 11 is 0. The van der Waals surface area contributed by atoms with E-state index >= 15 is 0 Å². The molecule has 0 aliphatic carbocycles. The van der Waals surface area contributed by atoms with Crippen molar-refractivity contribution in [3.63, 3.8) is 0 Å². The molecule has 1 unspecified atom stereocenters. The monoisotopic (exact) mass is 221 g/mol. The summed E-state index contributed by atoms with van der Waals surface area (Å²) < 4.78 is 22.2. The van der Waals surface area contributed by atoms with Gasteiger partial charge in [-0.1, -0.05) is 6.92 Å². The third-order valence-corrected chi connectivity index (χ3v) is 3.49. The van der Waals surface area contributed by atoms with Gasteiger partial charge in [0.05, 0.1) is 18.8 Å². The molecule has 0 radical (unpaired) electrons. The number of hydrogen-bond donors (Lipinski definition) is 1. The highest BCUT2D eigenvalue weighted by Crippen LogP contribution is 2.38. The molecule has 5 heteroatoms. The molecule has 1 heterocycles. The summed E-state index contributed by atoms with van der Waals surface area (Å²) in [6.45, 7) is 7.59. The summed E-state index contributed by atoms with van der Waals surface area (Å²) in [5, 5.41) is 0. The zero-order valence-corrected chi connectivity index (χ0v) is 10.2. The van der Waals surface area contributed by atoms with E-state index < -0.39 is 7.37 Å². The number of ether oxygens (including phenoxy) is 1. The molecule has 0 amide bonds. The quantitative estimate of drug-likeness (QED) is 0.729. The molecule has 1 rings (SSSR count). The molecule has 1 saturated heterocycles. The summed E-state index contributed by atoms with van der Waals surface area (Å²) in [7, 11) is -2.42. The van der Waals surface area contributed by atoms with Gasteiger partial charge in [0.1, 0.15) is 0 Å². The van der Waals surface area contributed by atoms with Gasteiger partial charge < -0.3 is 15.0 Å². The van der Waals surface area contributed by atoms with Gasteiger partial charge in [0.25, 0.3) is 0 Å². The fraction of sp³-hybridized carbons (Fsp3) is 1.00. The first kappa shape index (κ1) is 12.2. The van der Waals surface area contributed by atoms with Crippen LogP contribution >= 0.6 is 7.37 Å². The Hall–Kier alpha value is 0.110. The maximum Gasteiger partial charge on any atom is 0.197 e. The Morgan fingerprint density at radius 1 is 1.43 bits per heavy atom. The van der Waals surface area contributed by atoms with Crippen molar-refractivity contribution in [1.82, 2.24) is 0 Å². The van der Waals surface area contributed by atoms with E-state index in [1.54, 1.807) is 13.3 Å². The van der Waals surface area contributed by atoms with Crippen LogP contribution in [0.1, 0.15) is 13.8 Å². The SMILES string of the molecule is CC1[C@H](C)O[C@H](COP(C)(C)=O)[C@@H]1N. The average molecular weight is 221 g/mol. The van der Waals surface area contributed by atoms with E-state index in [1.807, 2.05) is 6.92 Å². The summed E-state index contributed by atoms with van der Waals surface area (Å²) in [5.74, 6) is 0.330. The standard InChI is InChI=1S/C9H20NO3P/c1-6-7(2)13-8(9(6)10)5-12-14(3,4)11/h6-9H,5,10H2,1-4H3/t6?,7-,8+,9+/m0/s1. The van der Waals surface area contributed by atoms with E-state index in [1.165, 1.54) is 0 Å². The van der Waals surface area contributed by atoms with E-state index in [9.17, 15) is 4.57 Å². The fourth-order valence-corrected chi connectivity index (χ4v) is 2.05. The third kappa shape index (κ3) is 3.06. The van der Waals surface area contributed by atoms with Crippen molar-refractivity contribution >= 4 is 7.37 Å². The molecule has 0 aromatic rings. The second-order valence-electron chi connectivity index (χ2n) is 4.36. The minimum atomic E-state index is -2.42. The van der Waals surface area contributed by atoms with Crippen LogP contribution < -0.4 is 5.73 Å². The first-order valence-corrected chi connectivity index (χ1v) is 7.44. The van der Waals surface area contributed by atoms with Gasteiger partial charge in [-0.15, -0.1) is 0 Å². The van der Waals surface area contributed by atoms with Crippen molar-refractivity contribution in [2.75, 3.05) is 19.9 Å². The molecule has 2 N–H and O–H groups in total. The predicted octanol–water partition coefficient (Wildman–Crippen LogP) is 1.29. The van der Waals surface area contributed by atoms with Crippen LogP contribution in [0, 0.1) is 5.92 Å². The lowest BCUT2D eigenvalue weighted by Crippen LogP contribution is -2.37. The normalized spacial score (nSPS) is 38.9. The highest BCUT2D eigenvalue weighted by atomic mass is 31.2. The smallest absolute Gasteiger partial charge is 0.197 e. The summed E-state index contributed by atoms with van der Waals surface area (Å²) in [6, 6.07) is -0.0171. The van der Waals surface area contributed by atoms with E-state index in [0.29, 0.717) is 12.5 Å². The van der Waals surface area contributed by atoms with Gasteiger partial charge in [0.15, 0.2) is 7.37 Å². The van der Waals surface area contributed by atoms with E-state index in [-0.39, 0.29) is 18.2 Å². The minimum Gasteiger partial charge on any atom is -0.371 e. The zero-order valence-electron chi connectivity index (χ0n) is 9.27. The number of nitrogens with two attached hydrogens (primary N) is 1. The highest BCUT2D eigenvalue weighted by Gasteiger charge is 2.37. The van der Waals surface area contributed by atoms with Crippen LogP contribution in [-0.2, 0) is 13.8 Å². The molecule has 1 aliphatic rings. The van der Waals surface area contributed by atoms with Crippen molar-refractivity contribution < 1.29 is 13.8 Å². The molecule has 84 valence electrons. The average Bonchev–Trinajstić information content (AvgIpc) is 2.28. The summed E-state index contributed by atoms with van der Waals surface area (Å²) in [6.07, 6.45) is 0.0416. The molecule has 0 aromatic heterocycles. The minimum absolute atomic E-state index is 0.0171. The maximum absolute atomic E-state index is 11.3. The molecule has 1 aliphatic heterocycles. The van der Waals surface area contributed by atoms with Gasteiger partial charge in [-0.2, -0.15) is 0 Å². The first-order valence-electron chi connectivity index (χ1n) is 4.92. The molecule has 14 heavy (non-hydrogen) atoms.